The fraction of sp³-hybridized carbons (Fsp3) is 0.400. The number of nitrogens with zero attached hydrogens (tertiary/aromatic N) is 2. The molecule has 1 aliphatic rings. The van der Waals surface area contributed by atoms with Crippen LogP contribution in [-0.2, 0) is 12.8 Å². The second kappa shape index (κ2) is 3.05. The van der Waals surface area contributed by atoms with Gasteiger partial charge in [-0.25, -0.2) is 0 Å². The highest BCUT2D eigenvalue weighted by molar-refractivity contribution is 5.87. The maximum Gasteiger partial charge on any atom is 0.0491 e. The molecule has 0 unspecified atom stereocenters. The van der Waals surface area contributed by atoms with E-state index in [4.69, 9.17) is 0 Å². The van der Waals surface area contributed by atoms with E-state index in [0.717, 1.165) is 19.3 Å². The molecule has 0 radical (unpaired) electrons. The Morgan fingerprint density at radius 2 is 2.33 bits per heavy atom. The first-order chi connectivity index (χ1) is 5.90. The van der Waals surface area contributed by atoms with Gasteiger partial charge in [0.1, 0.15) is 0 Å². The molecular weight excluding hydrogens is 148 g/mol. The molecule has 0 atom stereocenters. The minimum absolute atomic E-state index is 0.951. The molecule has 0 aliphatic heterocycles. The number of hydrogen-bond donors (Lipinski definition) is 0. The number of hydrogen-bond acceptors (Lipinski definition) is 2. The second-order valence-corrected chi connectivity index (χ2v) is 3.08. The van der Waals surface area contributed by atoms with Crippen LogP contribution in [0, 0.1) is 0 Å². The molecule has 0 saturated heterocycles. The third-order valence-corrected chi connectivity index (χ3v) is 2.36. The molecule has 1 aromatic rings. The van der Waals surface area contributed by atoms with Gasteiger partial charge in [-0.1, -0.05) is 6.07 Å². The summed E-state index contributed by atoms with van der Waals surface area (Å²) in [5, 5.41) is 0. The Bertz CT molecular complexity index is 315. The minimum atomic E-state index is 0.951. The van der Waals surface area contributed by atoms with Gasteiger partial charge in [-0.2, -0.15) is 0 Å². The molecule has 0 fully saturated rings. The van der Waals surface area contributed by atoms with E-state index in [1.165, 1.54) is 17.0 Å². The molecule has 1 aromatic heterocycles. The molecule has 2 nitrogen and oxygen atoms in total. The zero-order valence-electron chi connectivity index (χ0n) is 7.25. The third kappa shape index (κ3) is 1.24. The summed E-state index contributed by atoms with van der Waals surface area (Å²) in [6.45, 7) is 0. The van der Waals surface area contributed by atoms with E-state index < -0.39 is 0 Å². The lowest BCUT2D eigenvalue weighted by molar-refractivity contribution is 0.904. The molecule has 0 N–H and O–H groups in total. The van der Waals surface area contributed by atoms with Gasteiger partial charge in [-0.3, -0.25) is 9.98 Å². The first-order valence-electron chi connectivity index (χ1n) is 4.27. The standard InChI is InChI=1S/C10H12N2/c1-11-9-5-4-8-3-2-6-12-10(8)7-9/h2-3,6H,4-5,7H2,1H3. The minimum Gasteiger partial charge on any atom is -0.297 e. The molecule has 0 saturated carbocycles. The van der Waals surface area contributed by atoms with Crippen molar-refractivity contribution in [3.05, 3.63) is 29.6 Å². The highest BCUT2D eigenvalue weighted by Gasteiger charge is 2.13. The molecule has 12 heavy (non-hydrogen) atoms. The van der Waals surface area contributed by atoms with Gasteiger partial charge in [0.25, 0.3) is 0 Å². The van der Waals surface area contributed by atoms with Crippen LogP contribution in [0.3, 0.4) is 0 Å². The molecule has 2 rings (SSSR count). The fourth-order valence-corrected chi connectivity index (χ4v) is 1.61. The topological polar surface area (TPSA) is 25.2 Å². The van der Waals surface area contributed by atoms with Crippen LogP contribution in [0.25, 0.3) is 0 Å². The Hall–Kier alpha value is -1.18. The normalized spacial score (nSPS) is 19.2. The van der Waals surface area contributed by atoms with Crippen molar-refractivity contribution in [2.24, 2.45) is 4.99 Å². The lowest BCUT2D eigenvalue weighted by Gasteiger charge is -2.15. The summed E-state index contributed by atoms with van der Waals surface area (Å²) in [4.78, 5) is 8.56. The summed E-state index contributed by atoms with van der Waals surface area (Å²) >= 11 is 0. The fourth-order valence-electron chi connectivity index (χ4n) is 1.61. The maximum absolute atomic E-state index is 4.34. The van der Waals surface area contributed by atoms with Crippen molar-refractivity contribution in [3.63, 3.8) is 0 Å². The van der Waals surface area contributed by atoms with Crippen molar-refractivity contribution in [3.8, 4) is 0 Å². The number of rotatable bonds is 0. The lowest BCUT2D eigenvalue weighted by Crippen LogP contribution is -2.14. The highest BCUT2D eigenvalue weighted by Crippen LogP contribution is 2.16. The first kappa shape index (κ1) is 7.47. The van der Waals surface area contributed by atoms with E-state index in [9.17, 15) is 0 Å². The molecule has 0 spiro atoms. The maximum atomic E-state index is 4.34. The molecular formula is C10H12N2. The van der Waals surface area contributed by atoms with Crippen molar-refractivity contribution in [1.82, 2.24) is 4.98 Å². The Kier molecular flexibility index (Phi) is 1.90. The van der Waals surface area contributed by atoms with Crippen LogP contribution in [-0.4, -0.2) is 17.7 Å². The average Bonchev–Trinajstić information content (AvgIpc) is 2.17. The number of aryl methyl sites for hydroxylation is 1. The summed E-state index contributed by atoms with van der Waals surface area (Å²) in [6.07, 6.45) is 5.02. The van der Waals surface area contributed by atoms with Gasteiger partial charge in [-0.15, -0.1) is 0 Å². The quantitative estimate of drug-likeness (QED) is 0.566. The predicted molar refractivity (Wildman–Crippen MR) is 49.6 cm³/mol. The van der Waals surface area contributed by atoms with Crippen LogP contribution in [0.15, 0.2) is 23.3 Å². The summed E-state index contributed by atoms with van der Waals surface area (Å²) in [5.41, 5.74) is 3.88. The van der Waals surface area contributed by atoms with Gasteiger partial charge in [-0.05, 0) is 24.5 Å². The summed E-state index contributed by atoms with van der Waals surface area (Å²) < 4.78 is 0. The van der Waals surface area contributed by atoms with Crippen LogP contribution in [0.1, 0.15) is 17.7 Å². The second-order valence-electron chi connectivity index (χ2n) is 3.08. The zero-order valence-corrected chi connectivity index (χ0v) is 7.25. The highest BCUT2D eigenvalue weighted by atomic mass is 14.7. The zero-order chi connectivity index (χ0) is 8.39. The van der Waals surface area contributed by atoms with Gasteiger partial charge < -0.3 is 0 Å². The number of pyridine rings is 1. The van der Waals surface area contributed by atoms with Gasteiger partial charge in [0.15, 0.2) is 0 Å². The van der Waals surface area contributed by atoms with Crippen LogP contribution in [0.2, 0.25) is 0 Å². The van der Waals surface area contributed by atoms with Gasteiger partial charge >= 0.3 is 0 Å². The van der Waals surface area contributed by atoms with Crippen molar-refractivity contribution in [1.29, 1.82) is 0 Å². The van der Waals surface area contributed by atoms with E-state index in [1.807, 2.05) is 19.3 Å². The Morgan fingerprint density at radius 1 is 1.42 bits per heavy atom. The SMILES string of the molecule is CN=C1CCc2cccnc2C1. The largest absolute Gasteiger partial charge is 0.297 e. The molecule has 1 aliphatic carbocycles. The molecule has 0 aromatic carbocycles. The van der Waals surface area contributed by atoms with Crippen LogP contribution < -0.4 is 0 Å². The smallest absolute Gasteiger partial charge is 0.0491 e. The van der Waals surface area contributed by atoms with Crippen LogP contribution >= 0.6 is 0 Å². The average molecular weight is 160 g/mol. The third-order valence-electron chi connectivity index (χ3n) is 2.36. The van der Waals surface area contributed by atoms with Crippen molar-refractivity contribution in [2.45, 2.75) is 19.3 Å². The Morgan fingerprint density at radius 3 is 3.17 bits per heavy atom. The molecule has 0 bridgehead atoms. The van der Waals surface area contributed by atoms with Crippen molar-refractivity contribution in [2.75, 3.05) is 7.05 Å². The molecule has 62 valence electrons. The first-order valence-corrected chi connectivity index (χ1v) is 4.27. The van der Waals surface area contributed by atoms with Crippen molar-refractivity contribution >= 4 is 5.71 Å². The van der Waals surface area contributed by atoms with E-state index in [1.54, 1.807) is 0 Å². The predicted octanol–water partition coefficient (Wildman–Crippen LogP) is 1.64. The lowest BCUT2D eigenvalue weighted by atomic mass is 9.94. The summed E-state index contributed by atoms with van der Waals surface area (Å²) in [6, 6.07) is 4.17. The van der Waals surface area contributed by atoms with Crippen LogP contribution in [0.5, 0.6) is 0 Å². The van der Waals surface area contributed by atoms with Gasteiger partial charge in [0, 0.05) is 31.1 Å². The number of fused-ring (bicyclic) bond motifs is 1. The van der Waals surface area contributed by atoms with Crippen LogP contribution in [0.4, 0.5) is 0 Å². The Balaban J connectivity index is 2.35. The molecule has 2 heteroatoms. The monoisotopic (exact) mass is 160 g/mol. The van der Waals surface area contributed by atoms with E-state index in [-0.39, 0.29) is 0 Å². The summed E-state index contributed by atoms with van der Waals surface area (Å²) in [7, 11) is 1.86. The van der Waals surface area contributed by atoms with E-state index >= 15 is 0 Å². The Labute approximate surface area is 72.4 Å². The molecule has 0 amide bonds. The van der Waals surface area contributed by atoms with E-state index in [2.05, 4.69) is 16.0 Å². The summed E-state index contributed by atoms with van der Waals surface area (Å²) in [5.74, 6) is 0. The number of aromatic nitrogens is 1. The van der Waals surface area contributed by atoms with Gasteiger partial charge in [0.05, 0.1) is 0 Å². The van der Waals surface area contributed by atoms with Crippen molar-refractivity contribution < 1.29 is 0 Å². The number of aliphatic imine (C=N–C) groups is 1. The van der Waals surface area contributed by atoms with Gasteiger partial charge in [0.2, 0.25) is 0 Å². The molecule has 1 heterocycles. The van der Waals surface area contributed by atoms with E-state index in [0.29, 0.717) is 0 Å².